The molecule has 1 aliphatic heterocycles. The molecule has 1 aliphatic rings. The number of rotatable bonds is 5. The van der Waals surface area contributed by atoms with E-state index in [9.17, 15) is 5.11 Å². The van der Waals surface area contributed by atoms with Crippen LogP contribution >= 0.6 is 27.5 Å². The first-order valence-electron chi connectivity index (χ1n) is 7.13. The zero-order valence-electron chi connectivity index (χ0n) is 11.5. The Hall–Kier alpha value is -0.290. The third kappa shape index (κ3) is 4.62. The van der Waals surface area contributed by atoms with E-state index in [0.29, 0.717) is 11.6 Å². The molecular formula is C15H21BrClNO2. The van der Waals surface area contributed by atoms with Gasteiger partial charge in [-0.2, -0.15) is 0 Å². The third-order valence-electron chi connectivity index (χ3n) is 3.74. The Kier molecular flexibility index (Phi) is 6.62. The molecule has 0 saturated carbocycles. The van der Waals surface area contributed by atoms with Crippen molar-refractivity contribution in [2.24, 2.45) is 0 Å². The first-order chi connectivity index (χ1) is 9.70. The molecule has 0 radical (unpaired) electrons. The number of nitrogens with zero attached hydrogens (tertiary/aromatic N) is 1. The first-order valence-corrected chi connectivity index (χ1v) is 8.30. The van der Waals surface area contributed by atoms with Gasteiger partial charge in [-0.1, -0.05) is 24.4 Å². The van der Waals surface area contributed by atoms with Crippen LogP contribution < -0.4 is 4.74 Å². The average Bonchev–Trinajstić information content (AvgIpc) is 2.66. The smallest absolute Gasteiger partial charge is 0.133 e. The van der Waals surface area contributed by atoms with Gasteiger partial charge in [0.25, 0.3) is 0 Å². The van der Waals surface area contributed by atoms with Gasteiger partial charge in [0.15, 0.2) is 0 Å². The Morgan fingerprint density at radius 2 is 2.20 bits per heavy atom. The Morgan fingerprint density at radius 3 is 2.95 bits per heavy atom. The minimum atomic E-state index is 0.241. The van der Waals surface area contributed by atoms with E-state index >= 15 is 0 Å². The quantitative estimate of drug-likeness (QED) is 0.866. The minimum Gasteiger partial charge on any atom is -0.491 e. The van der Waals surface area contributed by atoms with E-state index in [1.54, 1.807) is 0 Å². The molecule has 0 aromatic heterocycles. The van der Waals surface area contributed by atoms with Crippen LogP contribution in [-0.2, 0) is 0 Å². The molecule has 0 aliphatic carbocycles. The zero-order valence-corrected chi connectivity index (χ0v) is 13.9. The van der Waals surface area contributed by atoms with Crippen LogP contribution in [0.2, 0.25) is 5.02 Å². The number of hydrogen-bond acceptors (Lipinski definition) is 3. The highest BCUT2D eigenvalue weighted by atomic mass is 79.9. The molecule has 1 heterocycles. The molecule has 20 heavy (non-hydrogen) atoms. The number of aliphatic hydroxyl groups excluding tert-OH is 1. The second-order valence-electron chi connectivity index (χ2n) is 5.14. The van der Waals surface area contributed by atoms with E-state index in [0.717, 1.165) is 29.7 Å². The monoisotopic (exact) mass is 361 g/mol. The van der Waals surface area contributed by atoms with Gasteiger partial charge in [-0.15, -0.1) is 0 Å². The number of aliphatic hydroxyl groups is 1. The second kappa shape index (κ2) is 8.23. The molecular weight excluding hydrogens is 342 g/mol. The van der Waals surface area contributed by atoms with Gasteiger partial charge in [0.1, 0.15) is 12.4 Å². The molecule has 2 rings (SSSR count). The Balaban J connectivity index is 1.84. The minimum absolute atomic E-state index is 0.241. The van der Waals surface area contributed by atoms with Crippen molar-refractivity contribution in [1.29, 1.82) is 0 Å². The van der Waals surface area contributed by atoms with Crippen molar-refractivity contribution in [3.05, 3.63) is 27.7 Å². The lowest BCUT2D eigenvalue weighted by Crippen LogP contribution is -2.40. The standard InChI is InChI=1S/C15H21BrClNO2/c16-14-10-12(17)5-6-15(14)20-9-8-18-7-3-1-2-4-13(18)11-19/h5-6,10,13,19H,1-4,7-9,11H2. The van der Waals surface area contributed by atoms with Gasteiger partial charge in [0.2, 0.25) is 0 Å². The van der Waals surface area contributed by atoms with Crippen molar-refractivity contribution in [2.75, 3.05) is 26.3 Å². The summed E-state index contributed by atoms with van der Waals surface area (Å²) in [7, 11) is 0. The normalized spacial score (nSPS) is 20.6. The van der Waals surface area contributed by atoms with Gasteiger partial charge < -0.3 is 9.84 Å². The van der Waals surface area contributed by atoms with Gasteiger partial charge in [0.05, 0.1) is 11.1 Å². The Morgan fingerprint density at radius 1 is 1.35 bits per heavy atom. The number of ether oxygens (including phenoxy) is 1. The van der Waals surface area contributed by atoms with Gasteiger partial charge in [-0.3, -0.25) is 4.90 Å². The van der Waals surface area contributed by atoms with Crippen LogP contribution in [0.4, 0.5) is 0 Å². The van der Waals surface area contributed by atoms with Crippen LogP contribution in [0.25, 0.3) is 0 Å². The van der Waals surface area contributed by atoms with Gasteiger partial charge in [-0.05, 0) is 53.5 Å². The van der Waals surface area contributed by atoms with Crippen molar-refractivity contribution in [1.82, 2.24) is 4.90 Å². The van der Waals surface area contributed by atoms with Gasteiger partial charge >= 0.3 is 0 Å². The van der Waals surface area contributed by atoms with E-state index in [4.69, 9.17) is 16.3 Å². The predicted molar refractivity (Wildman–Crippen MR) is 85.6 cm³/mol. The topological polar surface area (TPSA) is 32.7 Å². The summed E-state index contributed by atoms with van der Waals surface area (Å²) in [6, 6.07) is 5.82. The largest absolute Gasteiger partial charge is 0.491 e. The fourth-order valence-corrected chi connectivity index (χ4v) is 3.40. The van der Waals surface area contributed by atoms with Crippen LogP contribution in [0, 0.1) is 0 Å². The van der Waals surface area contributed by atoms with Crippen LogP contribution in [-0.4, -0.2) is 42.4 Å². The van der Waals surface area contributed by atoms with E-state index in [2.05, 4.69) is 20.8 Å². The molecule has 1 unspecified atom stereocenters. The number of likely N-dealkylation sites (tertiary alicyclic amines) is 1. The second-order valence-corrected chi connectivity index (χ2v) is 6.44. The van der Waals surface area contributed by atoms with Crippen LogP contribution in [0.5, 0.6) is 5.75 Å². The molecule has 1 saturated heterocycles. The van der Waals surface area contributed by atoms with Crippen molar-refractivity contribution < 1.29 is 9.84 Å². The summed E-state index contributed by atoms with van der Waals surface area (Å²) >= 11 is 9.36. The summed E-state index contributed by atoms with van der Waals surface area (Å²) in [5.41, 5.74) is 0. The summed E-state index contributed by atoms with van der Waals surface area (Å²) in [6.07, 6.45) is 4.77. The molecule has 1 aromatic rings. The molecule has 1 N–H and O–H groups in total. The highest BCUT2D eigenvalue weighted by Crippen LogP contribution is 2.28. The number of halogens is 2. The lowest BCUT2D eigenvalue weighted by Gasteiger charge is -2.28. The Labute approximate surface area is 134 Å². The predicted octanol–water partition coefficient (Wildman–Crippen LogP) is 3.72. The van der Waals surface area contributed by atoms with E-state index in [-0.39, 0.29) is 12.6 Å². The van der Waals surface area contributed by atoms with Crippen LogP contribution in [0.3, 0.4) is 0 Å². The van der Waals surface area contributed by atoms with Crippen molar-refractivity contribution >= 4 is 27.5 Å². The number of benzene rings is 1. The van der Waals surface area contributed by atoms with E-state index in [1.165, 1.54) is 19.3 Å². The first kappa shape index (κ1) is 16.1. The van der Waals surface area contributed by atoms with Crippen molar-refractivity contribution in [3.63, 3.8) is 0 Å². The van der Waals surface area contributed by atoms with Gasteiger partial charge in [0, 0.05) is 17.6 Å². The summed E-state index contributed by atoms with van der Waals surface area (Å²) in [5, 5.41) is 10.2. The molecule has 0 amide bonds. The van der Waals surface area contributed by atoms with Crippen molar-refractivity contribution in [2.45, 2.75) is 31.7 Å². The highest BCUT2D eigenvalue weighted by molar-refractivity contribution is 9.10. The average molecular weight is 363 g/mol. The third-order valence-corrected chi connectivity index (χ3v) is 4.59. The lowest BCUT2D eigenvalue weighted by atomic mass is 10.1. The highest BCUT2D eigenvalue weighted by Gasteiger charge is 2.19. The molecule has 112 valence electrons. The maximum Gasteiger partial charge on any atom is 0.133 e. The maximum atomic E-state index is 9.47. The number of hydrogen-bond donors (Lipinski definition) is 1. The summed E-state index contributed by atoms with van der Waals surface area (Å²) < 4.78 is 6.67. The maximum absolute atomic E-state index is 9.47. The van der Waals surface area contributed by atoms with E-state index in [1.807, 2.05) is 18.2 Å². The lowest BCUT2D eigenvalue weighted by molar-refractivity contribution is 0.108. The summed E-state index contributed by atoms with van der Waals surface area (Å²) in [4.78, 5) is 2.34. The Bertz CT molecular complexity index is 430. The molecule has 1 fully saturated rings. The molecule has 0 spiro atoms. The van der Waals surface area contributed by atoms with Gasteiger partial charge in [-0.25, -0.2) is 0 Å². The van der Waals surface area contributed by atoms with Crippen molar-refractivity contribution in [3.8, 4) is 5.75 Å². The summed E-state index contributed by atoms with van der Waals surface area (Å²) in [6.45, 7) is 2.76. The molecule has 5 heteroatoms. The van der Waals surface area contributed by atoms with Crippen LogP contribution in [0.1, 0.15) is 25.7 Å². The SMILES string of the molecule is OCC1CCCCCN1CCOc1ccc(Cl)cc1Br. The molecule has 3 nitrogen and oxygen atoms in total. The molecule has 1 atom stereocenters. The fraction of sp³-hybridized carbons (Fsp3) is 0.600. The fourth-order valence-electron chi connectivity index (χ4n) is 2.60. The van der Waals surface area contributed by atoms with Crippen LogP contribution in [0.15, 0.2) is 22.7 Å². The zero-order chi connectivity index (χ0) is 14.4. The molecule has 1 aromatic carbocycles. The molecule has 0 bridgehead atoms. The summed E-state index contributed by atoms with van der Waals surface area (Å²) in [5.74, 6) is 0.810. The van der Waals surface area contributed by atoms with E-state index < -0.39 is 0 Å².